The first kappa shape index (κ1) is 19.2. The predicted octanol–water partition coefficient (Wildman–Crippen LogP) is 3.76. The van der Waals surface area contributed by atoms with E-state index in [1.54, 1.807) is 24.3 Å². The van der Waals surface area contributed by atoms with Crippen molar-refractivity contribution in [1.82, 2.24) is 9.80 Å². The van der Waals surface area contributed by atoms with Gasteiger partial charge >= 0.3 is 0 Å². The fraction of sp³-hybridized carbons (Fsp3) is 0.333. The van der Waals surface area contributed by atoms with Gasteiger partial charge in [0.1, 0.15) is 11.8 Å². The predicted molar refractivity (Wildman–Crippen MR) is 105 cm³/mol. The van der Waals surface area contributed by atoms with Crippen LogP contribution in [0.4, 0.5) is 0 Å². The Kier molecular flexibility index (Phi) is 6.33. The first-order chi connectivity index (χ1) is 13.1. The van der Waals surface area contributed by atoms with E-state index < -0.39 is 0 Å². The molecule has 2 aromatic carbocycles. The zero-order chi connectivity index (χ0) is 19.2. The summed E-state index contributed by atoms with van der Waals surface area (Å²) >= 11 is 5.99. The summed E-state index contributed by atoms with van der Waals surface area (Å²) in [5.74, 6) is 0.779. The monoisotopic (exact) mass is 383 g/mol. The molecule has 140 valence electrons. The molecule has 1 saturated heterocycles. The molecule has 0 radical (unpaired) electrons. The summed E-state index contributed by atoms with van der Waals surface area (Å²) in [6, 6.07) is 16.7. The van der Waals surface area contributed by atoms with Crippen molar-refractivity contribution in [2.24, 2.45) is 0 Å². The maximum atomic E-state index is 12.6. The van der Waals surface area contributed by atoms with Crippen LogP contribution >= 0.6 is 11.6 Å². The van der Waals surface area contributed by atoms with Gasteiger partial charge in [-0.05, 0) is 42.8 Å². The zero-order valence-electron chi connectivity index (χ0n) is 15.3. The van der Waals surface area contributed by atoms with Crippen LogP contribution in [0, 0.1) is 11.3 Å². The van der Waals surface area contributed by atoms with Crippen LogP contribution < -0.4 is 4.74 Å². The molecule has 1 atom stereocenters. The van der Waals surface area contributed by atoms with Gasteiger partial charge in [0.25, 0.3) is 5.91 Å². The molecular weight excluding hydrogens is 362 g/mol. The molecular formula is C21H22ClN3O2. The zero-order valence-corrected chi connectivity index (χ0v) is 16.0. The Morgan fingerprint density at radius 3 is 2.48 bits per heavy atom. The molecule has 0 N–H and O–H groups in total. The lowest BCUT2D eigenvalue weighted by molar-refractivity contribution is 0.0606. The average molecular weight is 384 g/mol. The molecule has 1 fully saturated rings. The van der Waals surface area contributed by atoms with Crippen LogP contribution in [0.3, 0.4) is 0 Å². The lowest BCUT2D eigenvalue weighted by Crippen LogP contribution is -2.49. The van der Waals surface area contributed by atoms with Gasteiger partial charge in [0, 0.05) is 36.8 Å². The Hall–Kier alpha value is -2.55. The highest BCUT2D eigenvalue weighted by atomic mass is 35.5. The van der Waals surface area contributed by atoms with Gasteiger partial charge in [-0.1, -0.05) is 29.8 Å². The van der Waals surface area contributed by atoms with E-state index in [2.05, 4.69) is 11.0 Å². The maximum absolute atomic E-state index is 12.6. The van der Waals surface area contributed by atoms with Gasteiger partial charge in [-0.15, -0.1) is 0 Å². The van der Waals surface area contributed by atoms with E-state index in [0.29, 0.717) is 43.4 Å². The molecule has 0 saturated carbocycles. The van der Waals surface area contributed by atoms with Gasteiger partial charge < -0.3 is 9.64 Å². The van der Waals surface area contributed by atoms with Crippen LogP contribution in [0.15, 0.2) is 48.5 Å². The van der Waals surface area contributed by atoms with E-state index in [-0.39, 0.29) is 11.9 Å². The number of carbonyl (C=O) groups excluding carboxylic acids is 1. The third kappa shape index (κ3) is 4.60. The summed E-state index contributed by atoms with van der Waals surface area (Å²) in [4.78, 5) is 16.6. The van der Waals surface area contributed by atoms with Gasteiger partial charge in [-0.2, -0.15) is 5.26 Å². The molecule has 1 amide bonds. The third-order valence-electron chi connectivity index (χ3n) is 4.67. The summed E-state index contributed by atoms with van der Waals surface area (Å²) in [6.45, 7) is 5.02. The number of halogens is 1. The fourth-order valence-corrected chi connectivity index (χ4v) is 3.46. The van der Waals surface area contributed by atoms with E-state index in [1.807, 2.05) is 36.1 Å². The number of hydrogen-bond donors (Lipinski definition) is 0. The normalized spacial score (nSPS) is 15.8. The Morgan fingerprint density at radius 1 is 1.19 bits per heavy atom. The molecule has 1 unspecified atom stereocenters. The fourth-order valence-electron chi connectivity index (χ4n) is 3.27. The number of amides is 1. The molecule has 6 heteroatoms. The highest BCUT2D eigenvalue weighted by molar-refractivity contribution is 6.30. The van der Waals surface area contributed by atoms with Crippen molar-refractivity contribution < 1.29 is 9.53 Å². The van der Waals surface area contributed by atoms with Crippen LogP contribution in [0.5, 0.6) is 5.75 Å². The number of nitrogens with zero attached hydrogens (tertiary/aromatic N) is 3. The molecule has 1 aliphatic rings. The van der Waals surface area contributed by atoms with Gasteiger partial charge in [-0.3, -0.25) is 9.69 Å². The van der Waals surface area contributed by atoms with Gasteiger partial charge in [0.2, 0.25) is 0 Å². The number of rotatable bonds is 5. The van der Waals surface area contributed by atoms with E-state index in [0.717, 1.165) is 11.3 Å². The lowest BCUT2D eigenvalue weighted by Gasteiger charge is -2.37. The second kappa shape index (κ2) is 8.90. The molecule has 0 aromatic heterocycles. The molecule has 0 spiro atoms. The van der Waals surface area contributed by atoms with Crippen molar-refractivity contribution in [2.45, 2.75) is 13.0 Å². The Balaban J connectivity index is 1.63. The van der Waals surface area contributed by atoms with Gasteiger partial charge in [-0.25, -0.2) is 0 Å². The van der Waals surface area contributed by atoms with Crippen molar-refractivity contribution in [1.29, 1.82) is 5.26 Å². The van der Waals surface area contributed by atoms with E-state index >= 15 is 0 Å². The van der Waals surface area contributed by atoms with Crippen molar-refractivity contribution in [3.8, 4) is 11.8 Å². The van der Waals surface area contributed by atoms with Crippen molar-refractivity contribution >= 4 is 17.5 Å². The lowest BCUT2D eigenvalue weighted by atomic mass is 10.1. The van der Waals surface area contributed by atoms with E-state index in [1.165, 1.54) is 0 Å². The molecule has 1 heterocycles. The smallest absolute Gasteiger partial charge is 0.253 e. The molecule has 1 aliphatic heterocycles. The quantitative estimate of drug-likeness (QED) is 0.788. The van der Waals surface area contributed by atoms with E-state index in [4.69, 9.17) is 16.3 Å². The number of piperazine rings is 1. The SMILES string of the molecule is CCOc1ccc(C(C#N)N2CCN(C(=O)c3cccc(Cl)c3)CC2)cc1. The van der Waals surface area contributed by atoms with Gasteiger partial charge in [0.05, 0.1) is 12.7 Å². The second-order valence-electron chi connectivity index (χ2n) is 6.37. The number of nitriles is 1. The van der Waals surface area contributed by atoms with Gasteiger partial charge in [0.15, 0.2) is 0 Å². The highest BCUT2D eigenvalue weighted by Crippen LogP contribution is 2.24. The standard InChI is InChI=1S/C21H22ClN3O2/c1-2-27-19-8-6-16(7-9-19)20(15-23)24-10-12-25(13-11-24)21(26)17-4-3-5-18(22)14-17/h3-9,14,20H,2,10-13H2,1H3. The molecule has 27 heavy (non-hydrogen) atoms. The maximum Gasteiger partial charge on any atom is 0.253 e. The van der Waals surface area contributed by atoms with E-state index in [9.17, 15) is 10.1 Å². The second-order valence-corrected chi connectivity index (χ2v) is 6.81. The van der Waals surface area contributed by atoms with Crippen LogP contribution in [-0.2, 0) is 0 Å². The Morgan fingerprint density at radius 2 is 1.89 bits per heavy atom. The van der Waals surface area contributed by atoms with Crippen LogP contribution in [0.25, 0.3) is 0 Å². The number of benzene rings is 2. The number of carbonyl (C=O) groups is 1. The van der Waals surface area contributed by atoms with Crippen molar-refractivity contribution in [3.63, 3.8) is 0 Å². The average Bonchev–Trinajstić information content (AvgIpc) is 2.70. The molecule has 2 aromatic rings. The minimum atomic E-state index is -0.330. The first-order valence-corrected chi connectivity index (χ1v) is 9.41. The van der Waals surface area contributed by atoms with Crippen LogP contribution in [0.2, 0.25) is 5.02 Å². The summed E-state index contributed by atoms with van der Waals surface area (Å²) in [7, 11) is 0. The van der Waals surface area contributed by atoms with Crippen molar-refractivity contribution in [2.75, 3.05) is 32.8 Å². The van der Waals surface area contributed by atoms with Crippen molar-refractivity contribution in [3.05, 3.63) is 64.7 Å². The summed E-state index contributed by atoms with van der Waals surface area (Å²) in [5.41, 5.74) is 1.54. The first-order valence-electron chi connectivity index (χ1n) is 9.03. The minimum Gasteiger partial charge on any atom is -0.494 e. The number of hydrogen-bond acceptors (Lipinski definition) is 4. The summed E-state index contributed by atoms with van der Waals surface area (Å²) < 4.78 is 5.46. The minimum absolute atomic E-state index is 0.0216. The Labute approximate surface area is 164 Å². The largest absolute Gasteiger partial charge is 0.494 e. The molecule has 0 aliphatic carbocycles. The third-order valence-corrected chi connectivity index (χ3v) is 4.90. The van der Waals surface area contributed by atoms with Crippen LogP contribution in [-0.4, -0.2) is 48.5 Å². The molecule has 0 bridgehead atoms. The summed E-state index contributed by atoms with van der Waals surface area (Å²) in [6.07, 6.45) is 0. The van der Waals surface area contributed by atoms with Crippen LogP contribution in [0.1, 0.15) is 28.9 Å². The molecule has 3 rings (SSSR count). The highest BCUT2D eigenvalue weighted by Gasteiger charge is 2.27. The topological polar surface area (TPSA) is 56.6 Å². The summed E-state index contributed by atoms with van der Waals surface area (Å²) in [5, 5.41) is 10.2. The Bertz CT molecular complexity index is 824. The molecule has 5 nitrogen and oxygen atoms in total. The number of ether oxygens (including phenoxy) is 1.